The van der Waals surface area contributed by atoms with Crippen LogP contribution < -0.4 is 10.6 Å². The Morgan fingerprint density at radius 1 is 1.21 bits per heavy atom. The normalized spacial score (nSPS) is 17.4. The van der Waals surface area contributed by atoms with E-state index < -0.39 is 0 Å². The molecule has 1 aliphatic heterocycles. The number of carbonyl (C=O) groups is 1. The third-order valence-corrected chi connectivity index (χ3v) is 3.63. The number of rotatable bonds is 3. The van der Waals surface area contributed by atoms with E-state index in [-0.39, 0.29) is 6.03 Å². The number of carbonyl (C=O) groups excluding carboxylic acids is 1. The van der Waals surface area contributed by atoms with Crippen LogP contribution in [0.25, 0.3) is 0 Å². The zero-order valence-corrected chi connectivity index (χ0v) is 11.7. The second-order valence-electron chi connectivity index (χ2n) is 5.37. The van der Waals surface area contributed by atoms with Gasteiger partial charge in [-0.1, -0.05) is 18.2 Å². The van der Waals surface area contributed by atoms with Crippen molar-refractivity contribution in [3.8, 4) is 0 Å². The lowest BCUT2D eigenvalue weighted by Gasteiger charge is -2.34. The maximum atomic E-state index is 11.9. The van der Waals surface area contributed by atoms with Crippen LogP contribution in [0.2, 0.25) is 0 Å². The summed E-state index contributed by atoms with van der Waals surface area (Å²) in [5.74, 6) is 0. The van der Waals surface area contributed by atoms with Crippen molar-refractivity contribution in [2.45, 2.75) is 38.8 Å². The fourth-order valence-corrected chi connectivity index (χ4v) is 2.43. The van der Waals surface area contributed by atoms with Crippen LogP contribution in [0, 0.1) is 0 Å². The van der Waals surface area contributed by atoms with Gasteiger partial charge in [0.25, 0.3) is 0 Å². The summed E-state index contributed by atoms with van der Waals surface area (Å²) in [4.78, 5) is 14.3. The molecule has 2 amide bonds. The third kappa shape index (κ3) is 4.24. The minimum Gasteiger partial charge on any atom is -0.335 e. The summed E-state index contributed by atoms with van der Waals surface area (Å²) in [5.41, 5.74) is 0.833. The highest BCUT2D eigenvalue weighted by molar-refractivity contribution is 5.89. The summed E-state index contributed by atoms with van der Waals surface area (Å²) in [6.45, 7) is 6.56. The lowest BCUT2D eigenvalue weighted by Crippen LogP contribution is -2.47. The smallest absolute Gasteiger partial charge is 0.319 e. The molecule has 1 heterocycles. The quantitative estimate of drug-likeness (QED) is 0.878. The van der Waals surface area contributed by atoms with Crippen molar-refractivity contribution in [3.63, 3.8) is 0 Å². The van der Waals surface area contributed by atoms with Gasteiger partial charge >= 0.3 is 6.03 Å². The minimum absolute atomic E-state index is 0.103. The SMILES string of the molecule is CC(C)N1CCC(NC(=O)Nc2ccccc2)CC1. The Hall–Kier alpha value is -1.55. The van der Waals surface area contributed by atoms with Gasteiger partial charge in [0.1, 0.15) is 0 Å². The maximum Gasteiger partial charge on any atom is 0.319 e. The van der Waals surface area contributed by atoms with Crippen molar-refractivity contribution < 1.29 is 4.79 Å². The van der Waals surface area contributed by atoms with Crippen LogP contribution in [-0.2, 0) is 0 Å². The number of amides is 2. The Balaban J connectivity index is 1.75. The molecular weight excluding hydrogens is 238 g/mol. The maximum absolute atomic E-state index is 11.9. The molecule has 1 aliphatic rings. The predicted molar refractivity (Wildman–Crippen MR) is 78.3 cm³/mol. The molecule has 0 aliphatic carbocycles. The highest BCUT2D eigenvalue weighted by Crippen LogP contribution is 2.13. The number of nitrogens with one attached hydrogen (secondary N) is 2. The molecule has 0 radical (unpaired) electrons. The standard InChI is InChI=1S/C15H23N3O/c1-12(2)18-10-8-14(9-11-18)17-15(19)16-13-6-4-3-5-7-13/h3-7,12,14H,8-11H2,1-2H3,(H2,16,17,19). The van der Waals surface area contributed by atoms with Crippen molar-refractivity contribution in [1.82, 2.24) is 10.2 Å². The van der Waals surface area contributed by atoms with Gasteiger partial charge in [-0.15, -0.1) is 0 Å². The molecular formula is C15H23N3O. The lowest BCUT2D eigenvalue weighted by atomic mass is 10.0. The van der Waals surface area contributed by atoms with E-state index in [4.69, 9.17) is 0 Å². The van der Waals surface area contributed by atoms with E-state index in [2.05, 4.69) is 29.4 Å². The molecule has 0 aromatic heterocycles. The van der Waals surface area contributed by atoms with Gasteiger partial charge in [0.2, 0.25) is 0 Å². The molecule has 1 saturated heterocycles. The van der Waals surface area contributed by atoms with Crippen LogP contribution in [-0.4, -0.2) is 36.1 Å². The number of nitrogens with zero attached hydrogens (tertiary/aromatic N) is 1. The second-order valence-corrected chi connectivity index (χ2v) is 5.37. The monoisotopic (exact) mass is 261 g/mol. The van der Waals surface area contributed by atoms with Gasteiger partial charge in [-0.05, 0) is 38.8 Å². The largest absolute Gasteiger partial charge is 0.335 e. The average molecular weight is 261 g/mol. The zero-order valence-electron chi connectivity index (χ0n) is 11.7. The summed E-state index contributed by atoms with van der Waals surface area (Å²) in [6, 6.07) is 10.3. The highest BCUT2D eigenvalue weighted by atomic mass is 16.2. The van der Waals surface area contributed by atoms with Gasteiger partial charge in [-0.2, -0.15) is 0 Å². The zero-order chi connectivity index (χ0) is 13.7. The minimum atomic E-state index is -0.103. The molecule has 0 unspecified atom stereocenters. The predicted octanol–water partition coefficient (Wildman–Crippen LogP) is 2.68. The molecule has 1 fully saturated rings. The first-order valence-corrected chi connectivity index (χ1v) is 7.02. The number of anilines is 1. The number of hydrogen-bond donors (Lipinski definition) is 2. The Kier molecular flexibility index (Phi) is 4.80. The number of urea groups is 1. The van der Waals surface area contributed by atoms with E-state index in [0.29, 0.717) is 12.1 Å². The molecule has 4 nitrogen and oxygen atoms in total. The number of hydrogen-bond acceptors (Lipinski definition) is 2. The lowest BCUT2D eigenvalue weighted by molar-refractivity contribution is 0.163. The highest BCUT2D eigenvalue weighted by Gasteiger charge is 2.21. The van der Waals surface area contributed by atoms with Crippen molar-refractivity contribution >= 4 is 11.7 Å². The molecule has 0 atom stereocenters. The molecule has 2 rings (SSSR count). The second kappa shape index (κ2) is 6.57. The first-order chi connectivity index (χ1) is 9.15. The molecule has 104 valence electrons. The van der Waals surface area contributed by atoms with Crippen molar-refractivity contribution in [2.75, 3.05) is 18.4 Å². The number of likely N-dealkylation sites (tertiary alicyclic amines) is 1. The van der Waals surface area contributed by atoms with Gasteiger partial charge in [0, 0.05) is 30.9 Å². The third-order valence-electron chi connectivity index (χ3n) is 3.63. The van der Waals surface area contributed by atoms with E-state index in [9.17, 15) is 4.79 Å². The Bertz CT molecular complexity index is 397. The summed E-state index contributed by atoms with van der Waals surface area (Å²) in [7, 11) is 0. The summed E-state index contributed by atoms with van der Waals surface area (Å²) < 4.78 is 0. The van der Waals surface area contributed by atoms with Crippen molar-refractivity contribution in [3.05, 3.63) is 30.3 Å². The first-order valence-electron chi connectivity index (χ1n) is 7.02. The average Bonchev–Trinajstić information content (AvgIpc) is 2.40. The van der Waals surface area contributed by atoms with Gasteiger partial charge in [0.15, 0.2) is 0 Å². The molecule has 0 bridgehead atoms. The van der Waals surface area contributed by atoms with E-state index in [0.717, 1.165) is 31.6 Å². The summed E-state index contributed by atoms with van der Waals surface area (Å²) >= 11 is 0. The van der Waals surface area contributed by atoms with Gasteiger partial charge < -0.3 is 15.5 Å². The van der Waals surface area contributed by atoms with E-state index >= 15 is 0 Å². The first kappa shape index (κ1) is 13.9. The Labute approximate surface area is 115 Å². The Morgan fingerprint density at radius 3 is 2.42 bits per heavy atom. The molecule has 4 heteroatoms. The molecule has 0 spiro atoms. The molecule has 1 aromatic rings. The summed E-state index contributed by atoms with van der Waals surface area (Å²) in [5, 5.41) is 5.91. The van der Waals surface area contributed by atoms with E-state index in [1.807, 2.05) is 30.3 Å². The van der Waals surface area contributed by atoms with Crippen LogP contribution in [0.15, 0.2) is 30.3 Å². The van der Waals surface area contributed by atoms with Gasteiger partial charge in [-0.25, -0.2) is 4.79 Å². The fourth-order valence-electron chi connectivity index (χ4n) is 2.43. The van der Waals surface area contributed by atoms with Crippen LogP contribution in [0.3, 0.4) is 0 Å². The number of benzene rings is 1. The van der Waals surface area contributed by atoms with E-state index in [1.54, 1.807) is 0 Å². The topological polar surface area (TPSA) is 44.4 Å². The van der Waals surface area contributed by atoms with Crippen molar-refractivity contribution in [2.24, 2.45) is 0 Å². The van der Waals surface area contributed by atoms with Crippen LogP contribution in [0.5, 0.6) is 0 Å². The van der Waals surface area contributed by atoms with Crippen molar-refractivity contribution in [1.29, 1.82) is 0 Å². The Morgan fingerprint density at radius 2 is 1.84 bits per heavy atom. The molecule has 2 N–H and O–H groups in total. The van der Waals surface area contributed by atoms with Gasteiger partial charge in [0.05, 0.1) is 0 Å². The van der Waals surface area contributed by atoms with E-state index in [1.165, 1.54) is 0 Å². The molecule has 1 aromatic carbocycles. The number of piperidine rings is 1. The van der Waals surface area contributed by atoms with Gasteiger partial charge in [-0.3, -0.25) is 0 Å². The van der Waals surface area contributed by atoms with Crippen LogP contribution in [0.4, 0.5) is 10.5 Å². The fraction of sp³-hybridized carbons (Fsp3) is 0.533. The molecule has 0 saturated carbocycles. The number of para-hydroxylation sites is 1. The van der Waals surface area contributed by atoms with Crippen LogP contribution in [0.1, 0.15) is 26.7 Å². The summed E-state index contributed by atoms with van der Waals surface area (Å²) in [6.07, 6.45) is 2.06. The van der Waals surface area contributed by atoms with Crippen LogP contribution >= 0.6 is 0 Å². The molecule has 19 heavy (non-hydrogen) atoms.